The second-order valence-corrected chi connectivity index (χ2v) is 10.3. The van der Waals surface area contributed by atoms with Crippen LogP contribution in [0, 0.1) is 0 Å². The Kier molecular flexibility index (Phi) is 6.48. The van der Waals surface area contributed by atoms with Crippen LogP contribution in [0.25, 0.3) is 0 Å². The largest absolute Gasteiger partial charge is 0.444 e. The molecule has 0 aliphatic carbocycles. The molecule has 9 heteroatoms. The molecule has 0 saturated carbocycles. The minimum atomic E-state index is -3.51. The molecular formula is C23H27N3O5S. The third-order valence-electron chi connectivity index (χ3n) is 6.04. The highest BCUT2D eigenvalue weighted by atomic mass is 32.2. The third kappa shape index (κ3) is 4.78. The van der Waals surface area contributed by atoms with Crippen LogP contribution in [0.3, 0.4) is 0 Å². The molecular weight excluding hydrogens is 430 g/mol. The normalized spacial score (nSPS) is 17.2. The van der Waals surface area contributed by atoms with Gasteiger partial charge < -0.3 is 9.32 Å². The highest BCUT2D eigenvalue weighted by Crippen LogP contribution is 2.33. The van der Waals surface area contributed by atoms with Crippen molar-refractivity contribution >= 4 is 27.7 Å². The van der Waals surface area contributed by atoms with Crippen LogP contribution < -0.4 is 5.32 Å². The van der Waals surface area contributed by atoms with E-state index in [1.165, 1.54) is 4.31 Å². The number of fused-ring (bicyclic) bond motifs is 1. The molecule has 3 heterocycles. The van der Waals surface area contributed by atoms with Gasteiger partial charge in [-0.15, -0.1) is 0 Å². The van der Waals surface area contributed by atoms with Gasteiger partial charge in [-0.2, -0.15) is 4.31 Å². The van der Waals surface area contributed by atoms with Gasteiger partial charge in [0.2, 0.25) is 21.8 Å². The van der Waals surface area contributed by atoms with Crippen molar-refractivity contribution in [3.8, 4) is 0 Å². The van der Waals surface area contributed by atoms with Crippen molar-refractivity contribution < 1.29 is 22.4 Å². The van der Waals surface area contributed by atoms with E-state index in [4.69, 9.17) is 4.42 Å². The number of nitrogens with zero attached hydrogens (tertiary/aromatic N) is 2. The SMILES string of the molecule is C=CC(=O)Nc1cc2c(o1)CN(S(=O)(=O)C1CCN(C(=O)CCc3ccccc3)CC1)C2. The zero-order valence-corrected chi connectivity index (χ0v) is 18.6. The number of hydrogen-bond donors (Lipinski definition) is 1. The molecule has 2 aliphatic rings. The summed E-state index contributed by atoms with van der Waals surface area (Å²) in [6.45, 7) is 4.67. The molecule has 1 N–H and O–H groups in total. The molecule has 1 aromatic heterocycles. The number of carbonyl (C=O) groups is 2. The molecule has 2 aliphatic heterocycles. The fraction of sp³-hybridized carbons (Fsp3) is 0.391. The van der Waals surface area contributed by atoms with Gasteiger partial charge in [0.25, 0.3) is 0 Å². The monoisotopic (exact) mass is 457 g/mol. The molecule has 0 unspecified atom stereocenters. The summed E-state index contributed by atoms with van der Waals surface area (Å²) in [6.07, 6.45) is 3.11. The van der Waals surface area contributed by atoms with Crippen LogP contribution in [-0.4, -0.2) is 47.8 Å². The van der Waals surface area contributed by atoms with Crippen molar-refractivity contribution in [3.05, 3.63) is 65.9 Å². The molecule has 1 fully saturated rings. The first-order valence-electron chi connectivity index (χ1n) is 10.7. The Bertz CT molecular complexity index is 1080. The lowest BCUT2D eigenvalue weighted by Gasteiger charge is -2.33. The highest BCUT2D eigenvalue weighted by molar-refractivity contribution is 7.89. The van der Waals surface area contributed by atoms with Gasteiger partial charge in [0, 0.05) is 37.7 Å². The second-order valence-electron chi connectivity index (χ2n) is 8.13. The van der Waals surface area contributed by atoms with E-state index in [2.05, 4.69) is 11.9 Å². The quantitative estimate of drug-likeness (QED) is 0.645. The van der Waals surface area contributed by atoms with Crippen LogP contribution in [0.4, 0.5) is 5.88 Å². The van der Waals surface area contributed by atoms with E-state index in [0.29, 0.717) is 50.4 Å². The Morgan fingerprint density at radius 1 is 1.16 bits per heavy atom. The first kappa shape index (κ1) is 22.3. The maximum absolute atomic E-state index is 13.1. The molecule has 1 aromatic carbocycles. The van der Waals surface area contributed by atoms with Crippen LogP contribution in [0.1, 0.15) is 36.1 Å². The second kappa shape index (κ2) is 9.30. The average molecular weight is 458 g/mol. The Morgan fingerprint density at radius 2 is 1.88 bits per heavy atom. The molecule has 2 amide bonds. The summed E-state index contributed by atoms with van der Waals surface area (Å²) in [6, 6.07) is 11.5. The fourth-order valence-corrected chi connectivity index (χ4v) is 6.07. The fourth-order valence-electron chi connectivity index (χ4n) is 4.22. The average Bonchev–Trinajstić information content (AvgIpc) is 3.37. The summed E-state index contributed by atoms with van der Waals surface area (Å²) >= 11 is 0. The molecule has 1 saturated heterocycles. The zero-order chi connectivity index (χ0) is 22.7. The van der Waals surface area contributed by atoms with Crippen LogP contribution in [-0.2, 0) is 39.1 Å². The van der Waals surface area contributed by atoms with Crippen LogP contribution in [0.5, 0.6) is 0 Å². The molecule has 2 aromatic rings. The Labute approximate surface area is 187 Å². The van der Waals surface area contributed by atoms with Gasteiger partial charge in [-0.25, -0.2) is 8.42 Å². The Morgan fingerprint density at radius 3 is 2.53 bits per heavy atom. The molecule has 32 heavy (non-hydrogen) atoms. The number of amides is 2. The number of furan rings is 1. The van der Waals surface area contributed by atoms with Gasteiger partial charge >= 0.3 is 0 Å². The Hall–Kier alpha value is -2.91. The van der Waals surface area contributed by atoms with Gasteiger partial charge in [0.05, 0.1) is 11.8 Å². The maximum atomic E-state index is 13.1. The first-order valence-corrected chi connectivity index (χ1v) is 12.2. The number of anilines is 1. The third-order valence-corrected chi connectivity index (χ3v) is 8.33. The molecule has 0 atom stereocenters. The molecule has 0 spiro atoms. The van der Waals surface area contributed by atoms with Gasteiger partial charge in [0.15, 0.2) is 5.88 Å². The van der Waals surface area contributed by atoms with Crippen molar-refractivity contribution in [2.75, 3.05) is 18.4 Å². The minimum Gasteiger partial charge on any atom is -0.444 e. The van der Waals surface area contributed by atoms with Crippen LogP contribution >= 0.6 is 0 Å². The Balaban J connectivity index is 1.29. The van der Waals surface area contributed by atoms with E-state index in [-0.39, 0.29) is 24.9 Å². The van der Waals surface area contributed by atoms with Crippen molar-refractivity contribution in [1.29, 1.82) is 0 Å². The number of piperidine rings is 1. The smallest absolute Gasteiger partial charge is 0.250 e. The number of rotatable bonds is 7. The molecule has 170 valence electrons. The van der Waals surface area contributed by atoms with Gasteiger partial charge in [-0.1, -0.05) is 36.9 Å². The van der Waals surface area contributed by atoms with Crippen LogP contribution in [0.2, 0.25) is 0 Å². The first-order chi connectivity index (χ1) is 15.4. The predicted molar refractivity (Wildman–Crippen MR) is 120 cm³/mol. The van der Waals surface area contributed by atoms with Crippen LogP contribution in [0.15, 0.2) is 53.5 Å². The molecule has 0 bridgehead atoms. The summed E-state index contributed by atoms with van der Waals surface area (Å²) < 4.78 is 33.3. The van der Waals surface area contributed by atoms with Crippen molar-refractivity contribution in [2.45, 2.75) is 44.0 Å². The summed E-state index contributed by atoms with van der Waals surface area (Å²) in [5, 5.41) is 2.04. The number of carbonyl (C=O) groups excluding carboxylic acids is 2. The lowest BCUT2D eigenvalue weighted by Crippen LogP contribution is -2.45. The summed E-state index contributed by atoms with van der Waals surface area (Å²) in [5.41, 5.74) is 1.87. The summed E-state index contributed by atoms with van der Waals surface area (Å²) in [7, 11) is -3.51. The number of sulfonamides is 1. The standard InChI is InChI=1S/C23H27N3O5S/c1-2-21(27)24-22-14-18-15-26(16-20(18)31-22)32(29,30)19-10-12-25(13-11-19)23(28)9-8-17-6-4-3-5-7-17/h2-7,14,19H,1,8-13,15-16H2,(H,24,27). The van der Waals surface area contributed by atoms with Crippen molar-refractivity contribution in [1.82, 2.24) is 9.21 Å². The number of aryl methyl sites for hydroxylation is 1. The topological polar surface area (TPSA) is 99.9 Å². The molecule has 0 radical (unpaired) electrons. The van der Waals surface area contributed by atoms with Gasteiger partial charge in [0.1, 0.15) is 5.76 Å². The molecule has 8 nitrogen and oxygen atoms in total. The zero-order valence-electron chi connectivity index (χ0n) is 17.8. The number of likely N-dealkylation sites (tertiary alicyclic amines) is 1. The highest BCUT2D eigenvalue weighted by Gasteiger charge is 2.39. The van der Waals surface area contributed by atoms with E-state index in [9.17, 15) is 18.0 Å². The van der Waals surface area contributed by atoms with Crippen molar-refractivity contribution in [3.63, 3.8) is 0 Å². The lowest BCUT2D eigenvalue weighted by atomic mass is 10.1. The van der Waals surface area contributed by atoms with Gasteiger partial charge in [-0.05, 0) is 30.9 Å². The number of hydrogen-bond acceptors (Lipinski definition) is 5. The van der Waals surface area contributed by atoms with Gasteiger partial charge in [-0.3, -0.25) is 14.9 Å². The van der Waals surface area contributed by atoms with E-state index >= 15 is 0 Å². The summed E-state index contributed by atoms with van der Waals surface area (Å²) in [4.78, 5) is 25.7. The van der Waals surface area contributed by atoms with E-state index in [1.807, 2.05) is 30.3 Å². The van der Waals surface area contributed by atoms with E-state index in [1.54, 1.807) is 11.0 Å². The number of benzene rings is 1. The predicted octanol–water partition coefficient (Wildman–Crippen LogP) is 2.67. The summed E-state index contributed by atoms with van der Waals surface area (Å²) in [5.74, 6) is 0.520. The number of nitrogens with one attached hydrogen (secondary N) is 1. The van der Waals surface area contributed by atoms with E-state index in [0.717, 1.165) is 17.2 Å². The van der Waals surface area contributed by atoms with Crippen molar-refractivity contribution in [2.24, 2.45) is 0 Å². The maximum Gasteiger partial charge on any atom is 0.250 e. The lowest BCUT2D eigenvalue weighted by molar-refractivity contribution is -0.132. The minimum absolute atomic E-state index is 0.0687. The molecule has 4 rings (SSSR count). The van der Waals surface area contributed by atoms with E-state index < -0.39 is 15.3 Å².